The molecule has 0 aromatic heterocycles. The Labute approximate surface area is 199 Å². The van der Waals surface area contributed by atoms with Crippen LogP contribution in [0.3, 0.4) is 0 Å². The lowest BCUT2D eigenvalue weighted by molar-refractivity contribution is -0.143. The maximum atomic E-state index is 13.1. The van der Waals surface area contributed by atoms with Crippen LogP contribution in [0.5, 0.6) is 5.75 Å². The summed E-state index contributed by atoms with van der Waals surface area (Å²) in [7, 11) is 0. The van der Waals surface area contributed by atoms with E-state index in [1.807, 2.05) is 24.3 Å². The predicted octanol–water partition coefficient (Wildman–Crippen LogP) is 1.39. The van der Waals surface area contributed by atoms with Gasteiger partial charge in [-0.1, -0.05) is 30.3 Å². The molecule has 2 saturated heterocycles. The molecule has 0 spiro atoms. The number of fused-ring (bicyclic) bond motifs is 1. The van der Waals surface area contributed by atoms with Crippen LogP contribution in [0.4, 0.5) is 0 Å². The maximum Gasteiger partial charge on any atom is 0.255 e. The van der Waals surface area contributed by atoms with Gasteiger partial charge in [-0.15, -0.1) is 0 Å². The van der Waals surface area contributed by atoms with Crippen LogP contribution in [0.15, 0.2) is 42.4 Å². The van der Waals surface area contributed by atoms with Gasteiger partial charge in [0, 0.05) is 30.6 Å². The second-order valence-corrected chi connectivity index (χ2v) is 8.42. The number of morpholine rings is 1. The fourth-order valence-electron chi connectivity index (χ4n) is 4.27. The van der Waals surface area contributed by atoms with E-state index in [2.05, 4.69) is 5.32 Å². The summed E-state index contributed by atoms with van der Waals surface area (Å²) in [6, 6.07) is 9.55. The van der Waals surface area contributed by atoms with E-state index in [4.69, 9.17) is 12.2 Å². The fraction of sp³-hybridized carbons (Fsp3) is 0.360. The summed E-state index contributed by atoms with van der Waals surface area (Å²) in [4.78, 5) is 51.8. The molecule has 3 aliphatic rings. The van der Waals surface area contributed by atoms with Gasteiger partial charge in [0.2, 0.25) is 17.7 Å². The van der Waals surface area contributed by atoms with Crippen molar-refractivity contribution in [3.05, 3.63) is 64.7 Å². The third kappa shape index (κ3) is 4.38. The molecule has 9 heteroatoms. The Morgan fingerprint density at radius 2 is 1.94 bits per heavy atom. The lowest BCUT2D eigenvalue weighted by Gasteiger charge is -2.29. The van der Waals surface area contributed by atoms with Crippen LogP contribution >= 0.6 is 0 Å². The quantitative estimate of drug-likeness (QED) is 0.647. The first kappa shape index (κ1) is 19.7. The van der Waals surface area contributed by atoms with Gasteiger partial charge in [0.25, 0.3) is 5.91 Å². The summed E-state index contributed by atoms with van der Waals surface area (Å²) in [5.41, 5.74) is 2.25. The molecular weight excluding hydrogens is 438 g/mol. The highest BCUT2D eigenvalue weighted by Crippen LogP contribution is 2.34. The molecule has 2 fully saturated rings. The minimum absolute atomic E-state index is 0.0337. The topological polar surface area (TPSA) is 105 Å². The van der Waals surface area contributed by atoms with Crippen molar-refractivity contribution in [3.63, 3.8) is 0 Å². The number of nitrogens with zero attached hydrogens (tertiary/aromatic N) is 2. The van der Waals surface area contributed by atoms with Gasteiger partial charge in [-0.3, -0.25) is 24.5 Å². The van der Waals surface area contributed by atoms with E-state index in [-0.39, 0.29) is 54.9 Å². The van der Waals surface area contributed by atoms with Crippen molar-refractivity contribution in [1.29, 1.82) is 0 Å². The van der Waals surface area contributed by atoms with Crippen LogP contribution in [0.1, 0.15) is 42.6 Å². The van der Waals surface area contributed by atoms with Gasteiger partial charge < -0.3 is 19.3 Å². The molecule has 0 bridgehead atoms. The highest BCUT2D eigenvalue weighted by Gasteiger charge is 2.40. The zero-order valence-corrected chi connectivity index (χ0v) is 18.4. The lowest BCUT2D eigenvalue weighted by atomic mass is 10.0. The van der Waals surface area contributed by atoms with Crippen LogP contribution in [0.2, 0.25) is 0 Å². The Kier molecular flexibility index (Phi) is 5.37. The second-order valence-electron chi connectivity index (χ2n) is 8.42. The minimum Gasteiger partial charge on any atom is -0.489 e. The normalized spacial score (nSPS) is 23.4. The third-order valence-electron chi connectivity index (χ3n) is 6.14. The molecule has 9 nitrogen and oxygen atoms in total. The molecule has 1 N–H and O–H groups in total. The summed E-state index contributed by atoms with van der Waals surface area (Å²) >= 11 is 0. The van der Waals surface area contributed by atoms with Crippen LogP contribution in [0, 0.1) is 0 Å². The number of piperidine rings is 1. The Morgan fingerprint density at radius 1 is 1.15 bits per heavy atom. The van der Waals surface area contributed by atoms with Crippen molar-refractivity contribution in [2.75, 3.05) is 19.8 Å². The van der Waals surface area contributed by atoms with Gasteiger partial charge in [-0.05, 0) is 29.7 Å². The average Bonchev–Trinajstić information content (AvgIpc) is 3.11. The molecule has 2 aromatic carbocycles. The summed E-state index contributed by atoms with van der Waals surface area (Å²) in [6.07, 6.45) is 0.234. The van der Waals surface area contributed by atoms with Crippen molar-refractivity contribution in [2.45, 2.75) is 38.6 Å². The predicted molar refractivity (Wildman–Crippen MR) is 119 cm³/mol. The van der Waals surface area contributed by atoms with E-state index in [1.165, 1.54) is 12.1 Å². The molecule has 0 saturated carbocycles. The van der Waals surface area contributed by atoms with Crippen LogP contribution in [0.25, 0.3) is 0 Å². The van der Waals surface area contributed by atoms with Crippen molar-refractivity contribution >= 4 is 23.6 Å². The molecule has 3 heterocycles. The molecule has 2 aromatic rings. The monoisotopic (exact) mass is 465 g/mol. The van der Waals surface area contributed by atoms with Gasteiger partial charge in [-0.25, -0.2) is 0 Å². The Balaban J connectivity index is 1.30. The molecule has 5 rings (SSSR count). The molecule has 2 atom stereocenters. The third-order valence-corrected chi connectivity index (χ3v) is 6.14. The molecule has 34 heavy (non-hydrogen) atoms. The number of carbonyl (C=O) groups excluding carboxylic acids is 4. The number of amides is 4. The summed E-state index contributed by atoms with van der Waals surface area (Å²) in [5.74, 6) is -1.41. The van der Waals surface area contributed by atoms with E-state index >= 15 is 0 Å². The number of carbonyl (C=O) groups is 4. The van der Waals surface area contributed by atoms with Crippen LogP contribution in [-0.4, -0.2) is 59.2 Å². The molecule has 3 aliphatic heterocycles. The van der Waals surface area contributed by atoms with E-state index in [9.17, 15) is 19.2 Å². The van der Waals surface area contributed by atoms with Crippen molar-refractivity contribution in [2.24, 2.45) is 0 Å². The molecule has 176 valence electrons. The molecular formula is C25H25N3O6. The van der Waals surface area contributed by atoms with Crippen LogP contribution < -0.4 is 10.1 Å². The summed E-state index contributed by atoms with van der Waals surface area (Å²) < 4.78 is 28.1. The molecule has 0 radical (unpaired) electrons. The number of rotatable bonds is 6. The van der Waals surface area contributed by atoms with Crippen molar-refractivity contribution < 1.29 is 31.4 Å². The first-order valence-electron chi connectivity index (χ1n) is 12.2. The SMILES string of the molecule is [2H]c1ccc2c(c1OCc1ccc(CN3CCOCC3=O)cc1)C([2H])N(C1CCC(=O)NC1=O)C2=O. The molecule has 0 aliphatic carbocycles. The highest BCUT2D eigenvalue weighted by atomic mass is 16.5. The zero-order valence-electron chi connectivity index (χ0n) is 20.4. The number of imide groups is 1. The van der Waals surface area contributed by atoms with E-state index in [0.717, 1.165) is 16.0 Å². The van der Waals surface area contributed by atoms with Gasteiger partial charge >= 0.3 is 0 Å². The van der Waals surface area contributed by atoms with Gasteiger partial charge in [0.15, 0.2) is 0 Å². The number of hydrogen-bond donors (Lipinski definition) is 1. The first-order valence-corrected chi connectivity index (χ1v) is 11.1. The zero-order chi connectivity index (χ0) is 25.4. The average molecular weight is 466 g/mol. The van der Waals surface area contributed by atoms with E-state index in [0.29, 0.717) is 19.7 Å². The highest BCUT2D eigenvalue weighted by molar-refractivity contribution is 6.05. The van der Waals surface area contributed by atoms with E-state index < -0.39 is 30.3 Å². The summed E-state index contributed by atoms with van der Waals surface area (Å²) in [6.45, 7) is 0.546. The Morgan fingerprint density at radius 3 is 2.71 bits per heavy atom. The second kappa shape index (κ2) is 9.26. The standard InChI is InChI=1S/C25H25N3O6/c29-22-9-8-20(24(31)26-22)28-13-19-18(25(28)32)2-1-3-21(19)34-14-17-6-4-16(5-7-17)12-27-10-11-33-15-23(27)30/h1-7,20H,8-15H2,(H,26,29,31)/i3D,13D. The van der Waals surface area contributed by atoms with Crippen molar-refractivity contribution in [1.82, 2.24) is 15.1 Å². The number of benzene rings is 2. The first-order chi connectivity index (χ1) is 17.3. The smallest absolute Gasteiger partial charge is 0.255 e. The number of nitrogens with one attached hydrogen (secondary N) is 1. The largest absolute Gasteiger partial charge is 0.489 e. The van der Waals surface area contributed by atoms with Gasteiger partial charge in [-0.2, -0.15) is 0 Å². The lowest BCUT2D eigenvalue weighted by Crippen LogP contribution is -2.52. The van der Waals surface area contributed by atoms with E-state index in [1.54, 1.807) is 4.90 Å². The molecule has 2 unspecified atom stereocenters. The van der Waals surface area contributed by atoms with Gasteiger partial charge in [0.1, 0.15) is 25.0 Å². The Hall–Kier alpha value is -3.72. The number of hydrogen-bond acceptors (Lipinski definition) is 6. The maximum absolute atomic E-state index is 13.1. The minimum atomic E-state index is -1.23. The van der Waals surface area contributed by atoms with Crippen LogP contribution in [-0.2, 0) is 38.8 Å². The molecule has 4 amide bonds. The Bertz CT molecular complexity index is 1240. The van der Waals surface area contributed by atoms with Crippen molar-refractivity contribution in [3.8, 4) is 5.75 Å². The summed E-state index contributed by atoms with van der Waals surface area (Å²) in [5, 5.41) is 2.23. The number of ether oxygens (including phenoxy) is 2. The van der Waals surface area contributed by atoms with Gasteiger partial charge in [0.05, 0.1) is 15.9 Å². The fourth-order valence-corrected chi connectivity index (χ4v) is 4.27.